The van der Waals surface area contributed by atoms with Crippen LogP contribution in [0.5, 0.6) is 0 Å². The summed E-state index contributed by atoms with van der Waals surface area (Å²) in [5.41, 5.74) is 11.9. The van der Waals surface area contributed by atoms with Gasteiger partial charge in [0.15, 0.2) is 0 Å². The van der Waals surface area contributed by atoms with E-state index in [0.29, 0.717) is 0 Å². The average Bonchev–Trinajstić information content (AvgIpc) is 3.26. The van der Waals surface area contributed by atoms with Gasteiger partial charge in [0.05, 0.1) is 35.2 Å². The van der Waals surface area contributed by atoms with Gasteiger partial charge in [-0.3, -0.25) is 10.1 Å². The summed E-state index contributed by atoms with van der Waals surface area (Å²) in [6.45, 7) is 0. The van der Waals surface area contributed by atoms with E-state index in [-0.39, 0.29) is 6.04 Å². The predicted molar refractivity (Wildman–Crippen MR) is 87.5 cm³/mol. The lowest BCUT2D eigenvalue weighted by atomic mass is 10.1. The molecule has 3 N–H and O–H groups in total. The second-order valence-electron chi connectivity index (χ2n) is 5.02. The van der Waals surface area contributed by atoms with Crippen molar-refractivity contribution < 1.29 is 0 Å². The van der Waals surface area contributed by atoms with Crippen LogP contribution >= 0.6 is 11.3 Å². The van der Waals surface area contributed by atoms with Crippen LogP contribution in [0.4, 0.5) is 0 Å². The lowest BCUT2D eigenvalue weighted by Crippen LogP contribution is -2.13. The van der Waals surface area contributed by atoms with Gasteiger partial charge in [-0.25, -0.2) is 4.98 Å². The molecule has 3 aromatic heterocycles. The minimum atomic E-state index is -0.239. The number of hydrogen-bond acceptors (Lipinski definition) is 5. The van der Waals surface area contributed by atoms with Crippen molar-refractivity contribution >= 4 is 22.4 Å². The highest BCUT2D eigenvalue weighted by atomic mass is 32.1. The van der Waals surface area contributed by atoms with E-state index in [0.717, 1.165) is 33.4 Å². The van der Waals surface area contributed by atoms with Crippen LogP contribution < -0.4 is 5.73 Å². The molecule has 4 aromatic rings. The first-order valence-electron chi connectivity index (χ1n) is 6.85. The molecule has 0 saturated heterocycles. The highest BCUT2D eigenvalue weighted by molar-refractivity contribution is 7.08. The van der Waals surface area contributed by atoms with E-state index in [1.807, 2.05) is 41.2 Å². The SMILES string of the molecule is NC(c1ccsc1)c1cnc2cc(-c3cn[nH]c3)ccc2n1. The van der Waals surface area contributed by atoms with Gasteiger partial charge in [0.2, 0.25) is 0 Å². The first-order chi connectivity index (χ1) is 10.8. The van der Waals surface area contributed by atoms with Gasteiger partial charge in [-0.05, 0) is 40.1 Å². The molecule has 108 valence electrons. The van der Waals surface area contributed by atoms with Crippen LogP contribution in [-0.4, -0.2) is 20.2 Å². The Morgan fingerprint density at radius 3 is 2.82 bits per heavy atom. The molecule has 0 spiro atoms. The van der Waals surface area contributed by atoms with E-state index in [1.54, 1.807) is 23.7 Å². The summed E-state index contributed by atoms with van der Waals surface area (Å²) in [7, 11) is 0. The number of benzene rings is 1. The van der Waals surface area contributed by atoms with Gasteiger partial charge in [0.1, 0.15) is 0 Å². The van der Waals surface area contributed by atoms with Crippen molar-refractivity contribution in [2.24, 2.45) is 5.73 Å². The zero-order valence-corrected chi connectivity index (χ0v) is 12.4. The second-order valence-corrected chi connectivity index (χ2v) is 5.80. The van der Waals surface area contributed by atoms with Gasteiger partial charge in [0.25, 0.3) is 0 Å². The summed E-state index contributed by atoms with van der Waals surface area (Å²) in [4.78, 5) is 9.16. The molecule has 0 saturated carbocycles. The predicted octanol–water partition coefficient (Wildman–Crippen LogP) is 3.13. The molecule has 0 aliphatic rings. The topological polar surface area (TPSA) is 80.5 Å². The van der Waals surface area contributed by atoms with Gasteiger partial charge >= 0.3 is 0 Å². The molecule has 4 rings (SSSR count). The van der Waals surface area contributed by atoms with Gasteiger partial charge < -0.3 is 5.73 Å². The monoisotopic (exact) mass is 307 g/mol. The molecule has 0 amide bonds. The minimum absolute atomic E-state index is 0.239. The standard InChI is InChI=1S/C16H13N5S/c17-16(11-3-4-22-9-11)15-8-18-14-5-10(1-2-13(14)21-15)12-6-19-20-7-12/h1-9,16H,17H2,(H,19,20). The molecule has 0 radical (unpaired) electrons. The van der Waals surface area contributed by atoms with Crippen molar-refractivity contribution in [1.29, 1.82) is 0 Å². The Bertz CT molecular complexity index is 900. The number of aromatic amines is 1. The van der Waals surface area contributed by atoms with E-state index in [1.165, 1.54) is 0 Å². The summed E-state index contributed by atoms with van der Waals surface area (Å²) < 4.78 is 0. The smallest absolute Gasteiger partial charge is 0.0893 e. The fourth-order valence-electron chi connectivity index (χ4n) is 2.39. The summed E-state index contributed by atoms with van der Waals surface area (Å²) in [5.74, 6) is 0. The van der Waals surface area contributed by atoms with E-state index >= 15 is 0 Å². The van der Waals surface area contributed by atoms with Gasteiger partial charge in [0, 0.05) is 11.8 Å². The maximum absolute atomic E-state index is 6.25. The van der Waals surface area contributed by atoms with Crippen LogP contribution in [0.15, 0.2) is 53.6 Å². The Morgan fingerprint density at radius 1 is 1.09 bits per heavy atom. The molecule has 1 unspecified atom stereocenters. The van der Waals surface area contributed by atoms with E-state index in [9.17, 15) is 0 Å². The van der Waals surface area contributed by atoms with Gasteiger partial charge in [-0.1, -0.05) is 6.07 Å². The Kier molecular flexibility index (Phi) is 3.17. The fourth-order valence-corrected chi connectivity index (χ4v) is 3.08. The van der Waals surface area contributed by atoms with Gasteiger partial charge in [-0.15, -0.1) is 0 Å². The van der Waals surface area contributed by atoms with E-state index < -0.39 is 0 Å². The Balaban J connectivity index is 1.74. The number of nitrogens with one attached hydrogen (secondary N) is 1. The molecular formula is C16H13N5S. The van der Waals surface area contributed by atoms with Gasteiger partial charge in [-0.2, -0.15) is 16.4 Å². The quantitative estimate of drug-likeness (QED) is 0.609. The van der Waals surface area contributed by atoms with Crippen LogP contribution in [0, 0.1) is 0 Å². The molecule has 0 fully saturated rings. The van der Waals surface area contributed by atoms with Crippen molar-refractivity contribution in [1.82, 2.24) is 20.2 Å². The van der Waals surface area contributed by atoms with E-state index in [4.69, 9.17) is 5.73 Å². The van der Waals surface area contributed by atoms with Crippen molar-refractivity contribution in [2.75, 3.05) is 0 Å². The molecule has 22 heavy (non-hydrogen) atoms. The van der Waals surface area contributed by atoms with Crippen LogP contribution in [0.2, 0.25) is 0 Å². The molecular weight excluding hydrogens is 294 g/mol. The number of H-pyrrole nitrogens is 1. The number of fused-ring (bicyclic) bond motifs is 1. The van der Waals surface area contributed by atoms with Crippen molar-refractivity contribution in [3.63, 3.8) is 0 Å². The summed E-state index contributed by atoms with van der Waals surface area (Å²) in [5, 5.41) is 10.8. The van der Waals surface area contributed by atoms with Crippen molar-refractivity contribution in [3.05, 3.63) is 64.9 Å². The summed E-state index contributed by atoms with van der Waals surface area (Å²) >= 11 is 1.63. The van der Waals surface area contributed by atoms with Crippen LogP contribution in [-0.2, 0) is 0 Å². The third-order valence-corrected chi connectivity index (χ3v) is 4.31. The Labute approximate surface area is 130 Å². The Morgan fingerprint density at radius 2 is 2.05 bits per heavy atom. The zero-order chi connectivity index (χ0) is 14.9. The lowest BCUT2D eigenvalue weighted by molar-refractivity contribution is 0.832. The summed E-state index contributed by atoms with van der Waals surface area (Å²) in [6.07, 6.45) is 5.40. The number of nitrogens with zero attached hydrogens (tertiary/aromatic N) is 3. The number of rotatable bonds is 3. The minimum Gasteiger partial charge on any atom is -0.319 e. The summed E-state index contributed by atoms with van der Waals surface area (Å²) in [6, 6.07) is 7.77. The number of thiophene rings is 1. The van der Waals surface area contributed by atoms with Crippen LogP contribution in [0.25, 0.3) is 22.2 Å². The number of hydrogen-bond donors (Lipinski definition) is 2. The molecule has 0 bridgehead atoms. The molecule has 5 nitrogen and oxygen atoms in total. The normalized spacial score (nSPS) is 12.6. The third kappa shape index (κ3) is 2.28. The fraction of sp³-hybridized carbons (Fsp3) is 0.0625. The lowest BCUT2D eigenvalue weighted by Gasteiger charge is -2.10. The number of aromatic nitrogens is 4. The maximum Gasteiger partial charge on any atom is 0.0893 e. The second kappa shape index (κ2) is 5.32. The first-order valence-corrected chi connectivity index (χ1v) is 7.79. The van der Waals surface area contributed by atoms with Crippen LogP contribution in [0.1, 0.15) is 17.3 Å². The molecule has 0 aliphatic carbocycles. The molecule has 1 aromatic carbocycles. The molecule has 6 heteroatoms. The molecule has 0 aliphatic heterocycles. The molecule has 3 heterocycles. The highest BCUT2D eigenvalue weighted by Crippen LogP contribution is 2.24. The first kappa shape index (κ1) is 13.1. The average molecular weight is 307 g/mol. The molecule has 1 atom stereocenters. The van der Waals surface area contributed by atoms with Crippen LogP contribution in [0.3, 0.4) is 0 Å². The zero-order valence-electron chi connectivity index (χ0n) is 11.6. The third-order valence-electron chi connectivity index (χ3n) is 3.61. The van der Waals surface area contributed by atoms with Crippen molar-refractivity contribution in [2.45, 2.75) is 6.04 Å². The Hall–Kier alpha value is -2.57. The number of nitrogens with two attached hydrogens (primary N) is 1. The van der Waals surface area contributed by atoms with Crippen molar-refractivity contribution in [3.8, 4) is 11.1 Å². The van der Waals surface area contributed by atoms with E-state index in [2.05, 4.69) is 20.2 Å². The largest absolute Gasteiger partial charge is 0.319 e. The maximum atomic E-state index is 6.25. The highest BCUT2D eigenvalue weighted by Gasteiger charge is 2.12.